The Bertz CT molecular complexity index is 701. The predicted octanol–water partition coefficient (Wildman–Crippen LogP) is 4.24. The second kappa shape index (κ2) is 6.65. The fourth-order valence-corrected chi connectivity index (χ4v) is 4.24. The quantitative estimate of drug-likeness (QED) is 0.784. The Morgan fingerprint density at radius 3 is 2.37 bits per heavy atom. The van der Waals surface area contributed by atoms with E-state index in [0.717, 1.165) is 12.5 Å². The Hall–Kier alpha value is -1.83. The number of carbonyl (C=O) groups is 1. The summed E-state index contributed by atoms with van der Waals surface area (Å²) in [6.07, 6.45) is -1.69. The van der Waals surface area contributed by atoms with Crippen LogP contribution in [-0.4, -0.2) is 38.8 Å². The molecule has 5 nitrogen and oxygen atoms in total. The molecule has 0 aliphatic carbocycles. The predicted molar refractivity (Wildman–Crippen MR) is 91.9 cm³/mol. The van der Waals surface area contributed by atoms with Crippen LogP contribution in [-0.2, 0) is 16.5 Å². The first-order chi connectivity index (χ1) is 12.4. The molecule has 2 aliphatic heterocycles. The van der Waals surface area contributed by atoms with Gasteiger partial charge >= 0.3 is 12.3 Å². The van der Waals surface area contributed by atoms with Gasteiger partial charge in [0.2, 0.25) is 0 Å². The Balaban J connectivity index is 1.92. The summed E-state index contributed by atoms with van der Waals surface area (Å²) in [6, 6.07) is 1.41. The topological polar surface area (TPSA) is 62.7 Å². The summed E-state index contributed by atoms with van der Waals surface area (Å²) in [7, 11) is 0. The number of hydrogen-bond donors (Lipinski definition) is 1. The number of hydrogen-bond acceptors (Lipinski definition) is 4. The first kappa shape index (κ1) is 19.9. The van der Waals surface area contributed by atoms with E-state index in [1.165, 1.54) is 12.3 Å². The van der Waals surface area contributed by atoms with Crippen molar-refractivity contribution >= 4 is 6.09 Å². The van der Waals surface area contributed by atoms with Crippen LogP contribution in [0.2, 0.25) is 0 Å². The monoisotopic (exact) mass is 386 g/mol. The van der Waals surface area contributed by atoms with Gasteiger partial charge in [-0.15, -0.1) is 0 Å². The highest BCUT2D eigenvalue weighted by Gasteiger charge is 2.52. The number of amides is 1. The first-order valence-electron chi connectivity index (χ1n) is 9.17. The number of halogens is 3. The average molecular weight is 386 g/mol. The van der Waals surface area contributed by atoms with Crippen molar-refractivity contribution in [3.63, 3.8) is 0 Å². The van der Waals surface area contributed by atoms with Gasteiger partial charge in [-0.05, 0) is 52.2 Å². The maximum Gasteiger partial charge on any atom is 0.418 e. The zero-order valence-corrected chi connectivity index (χ0v) is 15.7. The molecule has 150 valence electrons. The molecular weight excluding hydrogens is 361 g/mol. The molecule has 2 bridgehead atoms. The molecule has 3 rings (SSSR count). The molecule has 3 heterocycles. The zero-order valence-electron chi connectivity index (χ0n) is 15.7. The molecule has 1 aromatic heterocycles. The molecule has 2 saturated heterocycles. The summed E-state index contributed by atoms with van der Waals surface area (Å²) in [6.45, 7) is 5.30. The van der Waals surface area contributed by atoms with Crippen LogP contribution in [0.1, 0.15) is 64.1 Å². The molecule has 0 saturated carbocycles. The molecule has 2 atom stereocenters. The summed E-state index contributed by atoms with van der Waals surface area (Å²) in [4.78, 5) is 18.1. The Kier molecular flexibility index (Phi) is 4.91. The van der Waals surface area contributed by atoms with Crippen molar-refractivity contribution in [3.05, 3.63) is 29.6 Å². The van der Waals surface area contributed by atoms with E-state index < -0.39 is 29.0 Å². The summed E-state index contributed by atoms with van der Waals surface area (Å²) in [5.74, 6) is 0. The van der Waals surface area contributed by atoms with Crippen LogP contribution in [0.5, 0.6) is 0 Å². The smallest absolute Gasteiger partial charge is 0.418 e. The lowest BCUT2D eigenvalue weighted by Crippen LogP contribution is -2.60. The summed E-state index contributed by atoms with van der Waals surface area (Å²) in [5.41, 5.74) is -3.65. The molecule has 1 N–H and O–H groups in total. The number of rotatable bonds is 1. The SMILES string of the molecule is CC(C)(C)OC(=O)N1C2CCCC1CC(O)(c1ncccc1C(F)(F)F)C2. The van der Waals surface area contributed by atoms with Crippen molar-refractivity contribution in [1.82, 2.24) is 9.88 Å². The van der Waals surface area contributed by atoms with Gasteiger partial charge in [0.1, 0.15) is 11.2 Å². The molecule has 2 aliphatic rings. The third-order valence-corrected chi connectivity index (χ3v) is 5.17. The number of alkyl halides is 3. The number of piperidine rings is 2. The van der Waals surface area contributed by atoms with Crippen molar-refractivity contribution in [1.29, 1.82) is 0 Å². The normalized spacial score (nSPS) is 28.8. The van der Waals surface area contributed by atoms with Crippen LogP contribution in [0.25, 0.3) is 0 Å². The highest BCUT2D eigenvalue weighted by Crippen LogP contribution is 2.47. The minimum absolute atomic E-state index is 0.0167. The fraction of sp³-hybridized carbons (Fsp3) is 0.684. The maximum atomic E-state index is 13.4. The number of ether oxygens (including phenoxy) is 1. The molecule has 8 heteroatoms. The summed E-state index contributed by atoms with van der Waals surface area (Å²) in [5, 5.41) is 11.2. The largest absolute Gasteiger partial charge is 0.444 e. The van der Waals surface area contributed by atoms with Crippen LogP contribution in [0.3, 0.4) is 0 Å². The number of pyridine rings is 1. The van der Waals surface area contributed by atoms with Gasteiger partial charge in [-0.1, -0.05) is 0 Å². The van der Waals surface area contributed by atoms with Gasteiger partial charge in [-0.3, -0.25) is 4.98 Å². The molecule has 27 heavy (non-hydrogen) atoms. The van der Waals surface area contributed by atoms with Crippen LogP contribution in [0.15, 0.2) is 18.3 Å². The van der Waals surface area contributed by atoms with Gasteiger partial charge < -0.3 is 14.7 Å². The molecule has 0 radical (unpaired) electrons. The van der Waals surface area contributed by atoms with Crippen molar-refractivity contribution in [3.8, 4) is 0 Å². The second-order valence-electron chi connectivity index (χ2n) is 8.46. The fourth-order valence-electron chi connectivity index (χ4n) is 4.24. The lowest BCUT2D eigenvalue weighted by molar-refractivity contribution is -0.146. The number of carbonyl (C=O) groups excluding carboxylic acids is 1. The number of aromatic nitrogens is 1. The Labute approximate surface area is 156 Å². The van der Waals surface area contributed by atoms with Gasteiger partial charge in [0, 0.05) is 31.1 Å². The molecule has 2 fully saturated rings. The molecule has 2 unspecified atom stereocenters. The van der Waals surface area contributed by atoms with E-state index in [-0.39, 0.29) is 30.6 Å². The minimum Gasteiger partial charge on any atom is -0.444 e. The number of fused-ring (bicyclic) bond motifs is 2. The van der Waals surface area contributed by atoms with Gasteiger partial charge in [-0.2, -0.15) is 13.2 Å². The van der Waals surface area contributed by atoms with E-state index in [1.807, 2.05) is 0 Å². The van der Waals surface area contributed by atoms with Crippen molar-refractivity contribution < 1.29 is 27.8 Å². The standard InChI is InChI=1S/C19H25F3N2O3/c1-17(2,3)27-16(25)24-12-6-4-7-13(24)11-18(26,10-12)15-14(19(20,21)22)8-5-9-23-15/h5,8-9,12-13,26H,4,6-7,10-11H2,1-3H3. The van der Waals surface area contributed by atoms with Crippen molar-refractivity contribution in [2.75, 3.05) is 0 Å². The summed E-state index contributed by atoms with van der Waals surface area (Å²) >= 11 is 0. The van der Waals surface area contributed by atoms with E-state index in [9.17, 15) is 23.1 Å². The van der Waals surface area contributed by atoms with Gasteiger partial charge in [0.25, 0.3) is 0 Å². The molecule has 0 aromatic carbocycles. The molecular formula is C19H25F3N2O3. The third kappa shape index (κ3) is 4.05. The van der Waals surface area contributed by atoms with Gasteiger partial charge in [0.05, 0.1) is 11.3 Å². The number of aliphatic hydroxyl groups is 1. The van der Waals surface area contributed by atoms with Crippen LogP contribution < -0.4 is 0 Å². The van der Waals surface area contributed by atoms with Crippen molar-refractivity contribution in [2.24, 2.45) is 0 Å². The number of nitrogens with zero attached hydrogens (tertiary/aromatic N) is 2. The molecule has 0 spiro atoms. The highest BCUT2D eigenvalue weighted by molar-refractivity contribution is 5.69. The molecule has 1 aromatic rings. The third-order valence-electron chi connectivity index (χ3n) is 5.17. The first-order valence-corrected chi connectivity index (χ1v) is 9.17. The average Bonchev–Trinajstić information content (AvgIpc) is 2.51. The highest BCUT2D eigenvalue weighted by atomic mass is 19.4. The lowest BCUT2D eigenvalue weighted by atomic mass is 9.73. The van der Waals surface area contributed by atoms with Crippen molar-refractivity contribution in [2.45, 2.75) is 82.3 Å². The van der Waals surface area contributed by atoms with E-state index in [4.69, 9.17) is 4.74 Å². The zero-order chi connectivity index (χ0) is 20.0. The van der Waals surface area contributed by atoms with Crippen LogP contribution in [0.4, 0.5) is 18.0 Å². The Morgan fingerprint density at radius 1 is 1.26 bits per heavy atom. The van der Waals surface area contributed by atoms with Crippen LogP contribution in [0, 0.1) is 0 Å². The van der Waals surface area contributed by atoms with E-state index in [2.05, 4.69) is 4.98 Å². The molecule has 1 amide bonds. The van der Waals surface area contributed by atoms with Crippen LogP contribution >= 0.6 is 0 Å². The lowest BCUT2D eigenvalue weighted by Gasteiger charge is -2.51. The van der Waals surface area contributed by atoms with Gasteiger partial charge in [0.15, 0.2) is 0 Å². The van der Waals surface area contributed by atoms with Gasteiger partial charge in [-0.25, -0.2) is 4.79 Å². The van der Waals surface area contributed by atoms with E-state index in [1.54, 1.807) is 25.7 Å². The van der Waals surface area contributed by atoms with E-state index in [0.29, 0.717) is 12.8 Å². The maximum absolute atomic E-state index is 13.4. The van der Waals surface area contributed by atoms with E-state index >= 15 is 0 Å². The summed E-state index contributed by atoms with van der Waals surface area (Å²) < 4.78 is 45.7. The minimum atomic E-state index is -4.60. The second-order valence-corrected chi connectivity index (χ2v) is 8.46. The Morgan fingerprint density at radius 2 is 1.85 bits per heavy atom.